The van der Waals surface area contributed by atoms with Crippen LogP contribution in [0.2, 0.25) is 0 Å². The Morgan fingerprint density at radius 3 is 2.27 bits per heavy atom. The van der Waals surface area contributed by atoms with E-state index in [4.69, 9.17) is 0 Å². The van der Waals surface area contributed by atoms with E-state index in [9.17, 15) is 0 Å². The first-order valence-corrected chi connectivity index (χ1v) is 6.14. The maximum absolute atomic E-state index is 3.28. The standard InChI is InChI=1S/C13H26N2/c1-3-4-5-6-7-8-12-15-13-10-9-11-14-2/h9-11,13-15H,3-8,12H2,1-2H3/b11-9-,13-10-. The van der Waals surface area contributed by atoms with Gasteiger partial charge in [-0.1, -0.05) is 39.0 Å². The first-order chi connectivity index (χ1) is 7.41. The SMILES string of the molecule is CCCCCCCCN/C=C\C=C/NC. The van der Waals surface area contributed by atoms with Gasteiger partial charge in [-0.15, -0.1) is 0 Å². The number of allylic oxidation sites excluding steroid dienone is 2. The minimum atomic E-state index is 1.09. The lowest BCUT2D eigenvalue weighted by Crippen LogP contribution is -2.06. The maximum atomic E-state index is 3.28. The molecular weight excluding hydrogens is 184 g/mol. The van der Waals surface area contributed by atoms with Crippen LogP contribution in [0.1, 0.15) is 45.4 Å². The van der Waals surface area contributed by atoms with Gasteiger partial charge in [0.2, 0.25) is 0 Å². The van der Waals surface area contributed by atoms with Crippen molar-refractivity contribution < 1.29 is 0 Å². The quantitative estimate of drug-likeness (QED) is 0.427. The minimum absolute atomic E-state index is 1.09. The summed E-state index contributed by atoms with van der Waals surface area (Å²) in [6, 6.07) is 0. The fourth-order valence-electron chi connectivity index (χ4n) is 1.37. The zero-order valence-corrected chi connectivity index (χ0v) is 10.3. The minimum Gasteiger partial charge on any atom is -0.394 e. The van der Waals surface area contributed by atoms with Crippen molar-refractivity contribution in [2.45, 2.75) is 45.4 Å². The van der Waals surface area contributed by atoms with Gasteiger partial charge < -0.3 is 10.6 Å². The lowest BCUT2D eigenvalue weighted by molar-refractivity contribution is 0.598. The Bertz CT molecular complexity index is 162. The van der Waals surface area contributed by atoms with Crippen molar-refractivity contribution in [3.8, 4) is 0 Å². The van der Waals surface area contributed by atoms with E-state index in [-0.39, 0.29) is 0 Å². The van der Waals surface area contributed by atoms with Crippen molar-refractivity contribution >= 4 is 0 Å². The second-order valence-corrected chi connectivity index (χ2v) is 3.73. The predicted octanol–water partition coefficient (Wildman–Crippen LogP) is 3.18. The molecule has 0 aliphatic heterocycles. The van der Waals surface area contributed by atoms with E-state index in [1.54, 1.807) is 0 Å². The van der Waals surface area contributed by atoms with E-state index in [2.05, 4.69) is 17.6 Å². The molecule has 0 fully saturated rings. The Labute approximate surface area is 94.8 Å². The number of rotatable bonds is 10. The molecule has 0 atom stereocenters. The van der Waals surface area contributed by atoms with Crippen LogP contribution in [-0.4, -0.2) is 13.6 Å². The fraction of sp³-hybridized carbons (Fsp3) is 0.692. The summed E-state index contributed by atoms with van der Waals surface area (Å²) in [6.07, 6.45) is 16.0. The first-order valence-electron chi connectivity index (χ1n) is 6.14. The Morgan fingerprint density at radius 1 is 0.867 bits per heavy atom. The van der Waals surface area contributed by atoms with Gasteiger partial charge in [0.25, 0.3) is 0 Å². The molecule has 0 heterocycles. The highest BCUT2D eigenvalue weighted by Gasteiger charge is 1.87. The van der Waals surface area contributed by atoms with E-state index in [0.29, 0.717) is 0 Å². The van der Waals surface area contributed by atoms with Crippen molar-refractivity contribution in [1.82, 2.24) is 10.6 Å². The Balaban J connectivity index is 3.04. The molecule has 0 unspecified atom stereocenters. The maximum Gasteiger partial charge on any atom is 0.0141 e. The molecule has 2 N–H and O–H groups in total. The summed E-state index contributed by atoms with van der Waals surface area (Å²) in [5, 5.41) is 6.21. The van der Waals surface area contributed by atoms with Crippen LogP contribution in [0.3, 0.4) is 0 Å². The number of hydrogen-bond acceptors (Lipinski definition) is 2. The molecule has 2 heteroatoms. The number of hydrogen-bond donors (Lipinski definition) is 2. The van der Waals surface area contributed by atoms with Gasteiger partial charge in [0, 0.05) is 13.6 Å². The summed E-state index contributed by atoms with van der Waals surface area (Å²) in [7, 11) is 1.90. The van der Waals surface area contributed by atoms with Crippen LogP contribution in [0, 0.1) is 0 Å². The molecule has 15 heavy (non-hydrogen) atoms. The van der Waals surface area contributed by atoms with Crippen LogP contribution < -0.4 is 10.6 Å². The number of unbranched alkanes of at least 4 members (excludes halogenated alkanes) is 5. The summed E-state index contributed by atoms with van der Waals surface area (Å²) in [6.45, 7) is 3.35. The van der Waals surface area contributed by atoms with E-state index < -0.39 is 0 Å². The average molecular weight is 210 g/mol. The van der Waals surface area contributed by atoms with Crippen LogP contribution >= 0.6 is 0 Å². The normalized spacial score (nSPS) is 11.3. The molecule has 0 amide bonds. The molecule has 88 valence electrons. The van der Waals surface area contributed by atoms with Crippen molar-refractivity contribution in [2.24, 2.45) is 0 Å². The third-order valence-electron chi connectivity index (χ3n) is 2.26. The molecule has 0 radical (unpaired) electrons. The number of nitrogens with one attached hydrogen (secondary N) is 2. The van der Waals surface area contributed by atoms with Gasteiger partial charge in [0.1, 0.15) is 0 Å². The van der Waals surface area contributed by atoms with E-state index in [1.165, 1.54) is 38.5 Å². The van der Waals surface area contributed by atoms with Gasteiger partial charge in [0.15, 0.2) is 0 Å². The van der Waals surface area contributed by atoms with Crippen molar-refractivity contribution in [3.63, 3.8) is 0 Å². The highest BCUT2D eigenvalue weighted by molar-refractivity contribution is 5.00. The molecule has 0 aromatic carbocycles. The summed E-state index contributed by atoms with van der Waals surface area (Å²) >= 11 is 0. The molecule has 0 spiro atoms. The molecular formula is C13H26N2. The molecule has 0 saturated heterocycles. The lowest BCUT2D eigenvalue weighted by Gasteiger charge is -2.00. The summed E-state index contributed by atoms with van der Waals surface area (Å²) in [5.74, 6) is 0. The van der Waals surface area contributed by atoms with Crippen LogP contribution in [0.15, 0.2) is 24.6 Å². The zero-order chi connectivity index (χ0) is 11.2. The fourth-order valence-corrected chi connectivity index (χ4v) is 1.37. The van der Waals surface area contributed by atoms with Crippen molar-refractivity contribution in [3.05, 3.63) is 24.6 Å². The van der Waals surface area contributed by atoms with Gasteiger partial charge in [-0.05, 0) is 31.0 Å². The lowest BCUT2D eigenvalue weighted by atomic mass is 10.1. The summed E-state index contributed by atoms with van der Waals surface area (Å²) in [4.78, 5) is 0. The summed E-state index contributed by atoms with van der Waals surface area (Å²) < 4.78 is 0. The molecule has 0 bridgehead atoms. The predicted molar refractivity (Wildman–Crippen MR) is 68.7 cm³/mol. The Kier molecular flexibility index (Phi) is 12.3. The molecule has 0 aliphatic carbocycles. The highest BCUT2D eigenvalue weighted by Crippen LogP contribution is 2.03. The largest absolute Gasteiger partial charge is 0.394 e. The van der Waals surface area contributed by atoms with Gasteiger partial charge in [0.05, 0.1) is 0 Å². The average Bonchev–Trinajstić information content (AvgIpc) is 2.26. The molecule has 0 aromatic heterocycles. The Morgan fingerprint density at radius 2 is 1.53 bits per heavy atom. The van der Waals surface area contributed by atoms with Gasteiger partial charge in [-0.3, -0.25) is 0 Å². The van der Waals surface area contributed by atoms with Crippen molar-refractivity contribution in [2.75, 3.05) is 13.6 Å². The smallest absolute Gasteiger partial charge is 0.0141 e. The van der Waals surface area contributed by atoms with Crippen LogP contribution in [0.4, 0.5) is 0 Å². The second kappa shape index (κ2) is 13.1. The molecule has 0 rings (SSSR count). The molecule has 0 aromatic rings. The van der Waals surface area contributed by atoms with Crippen molar-refractivity contribution in [1.29, 1.82) is 0 Å². The third-order valence-corrected chi connectivity index (χ3v) is 2.26. The van der Waals surface area contributed by atoms with E-state index in [1.807, 2.05) is 31.6 Å². The highest BCUT2D eigenvalue weighted by atomic mass is 14.8. The van der Waals surface area contributed by atoms with Gasteiger partial charge in [-0.25, -0.2) is 0 Å². The second-order valence-electron chi connectivity index (χ2n) is 3.73. The van der Waals surface area contributed by atoms with E-state index >= 15 is 0 Å². The Hall–Kier alpha value is -0.920. The topological polar surface area (TPSA) is 24.1 Å². The van der Waals surface area contributed by atoms with Crippen LogP contribution in [0.25, 0.3) is 0 Å². The van der Waals surface area contributed by atoms with E-state index in [0.717, 1.165) is 6.54 Å². The third kappa shape index (κ3) is 13.1. The summed E-state index contributed by atoms with van der Waals surface area (Å²) in [5.41, 5.74) is 0. The van der Waals surface area contributed by atoms with Gasteiger partial charge >= 0.3 is 0 Å². The molecule has 0 saturated carbocycles. The first kappa shape index (κ1) is 14.1. The van der Waals surface area contributed by atoms with Crippen LogP contribution in [-0.2, 0) is 0 Å². The zero-order valence-electron chi connectivity index (χ0n) is 10.3. The van der Waals surface area contributed by atoms with Crippen LogP contribution in [0.5, 0.6) is 0 Å². The van der Waals surface area contributed by atoms with Gasteiger partial charge in [-0.2, -0.15) is 0 Å². The monoisotopic (exact) mass is 210 g/mol. The molecule has 2 nitrogen and oxygen atoms in total. The molecule has 0 aliphatic rings.